The van der Waals surface area contributed by atoms with E-state index in [4.69, 9.17) is 5.73 Å². The van der Waals surface area contributed by atoms with Crippen LogP contribution in [0.15, 0.2) is 18.5 Å². The molecule has 1 fully saturated rings. The average molecular weight is 285 g/mol. The molecule has 1 heterocycles. The third kappa shape index (κ3) is 4.87. The summed E-state index contributed by atoms with van der Waals surface area (Å²) in [5, 5.41) is 3.01. The Morgan fingerprint density at radius 3 is 2.86 bits per heavy atom. The molecular formula is C17H23N3O. The van der Waals surface area contributed by atoms with Gasteiger partial charge in [0.25, 0.3) is 5.91 Å². The van der Waals surface area contributed by atoms with E-state index in [1.807, 2.05) is 0 Å². The Balaban J connectivity index is 1.88. The van der Waals surface area contributed by atoms with Crippen LogP contribution in [-0.4, -0.2) is 24.0 Å². The molecule has 112 valence electrons. The van der Waals surface area contributed by atoms with Crippen LogP contribution < -0.4 is 11.1 Å². The van der Waals surface area contributed by atoms with E-state index in [9.17, 15) is 4.79 Å². The number of aromatic nitrogens is 1. The van der Waals surface area contributed by atoms with Crippen LogP contribution in [0.25, 0.3) is 0 Å². The van der Waals surface area contributed by atoms with Gasteiger partial charge in [-0.25, -0.2) is 0 Å². The standard InChI is InChI=1S/C17H23N3O/c1-13-4-6-14(7-5-13)11-20-17(21)16-9-15(3-2-8-18)10-19-12-16/h9-10,12-14H,4-8,11,18H2,1H3,(H,20,21). The largest absolute Gasteiger partial charge is 0.352 e. The van der Waals surface area contributed by atoms with E-state index in [1.165, 1.54) is 25.7 Å². The topological polar surface area (TPSA) is 68.0 Å². The van der Waals surface area contributed by atoms with Crippen molar-refractivity contribution < 1.29 is 4.79 Å². The highest BCUT2D eigenvalue weighted by Crippen LogP contribution is 2.27. The first kappa shape index (κ1) is 15.5. The average Bonchev–Trinajstić information content (AvgIpc) is 2.52. The summed E-state index contributed by atoms with van der Waals surface area (Å²) in [4.78, 5) is 16.2. The zero-order valence-electron chi connectivity index (χ0n) is 12.6. The molecule has 1 amide bonds. The van der Waals surface area contributed by atoms with Gasteiger partial charge in [-0.1, -0.05) is 31.6 Å². The number of rotatable bonds is 3. The van der Waals surface area contributed by atoms with Gasteiger partial charge < -0.3 is 11.1 Å². The van der Waals surface area contributed by atoms with Crippen LogP contribution >= 0.6 is 0 Å². The number of nitrogens with two attached hydrogens (primary N) is 1. The molecule has 0 radical (unpaired) electrons. The van der Waals surface area contributed by atoms with Crippen molar-refractivity contribution in [2.24, 2.45) is 17.6 Å². The minimum atomic E-state index is -0.0717. The van der Waals surface area contributed by atoms with Crippen molar-refractivity contribution >= 4 is 5.91 Å². The summed E-state index contributed by atoms with van der Waals surface area (Å²) >= 11 is 0. The molecule has 1 aliphatic carbocycles. The molecule has 0 atom stereocenters. The Kier molecular flexibility index (Phi) is 5.77. The molecule has 4 nitrogen and oxygen atoms in total. The van der Waals surface area contributed by atoms with Crippen LogP contribution in [0.2, 0.25) is 0 Å². The van der Waals surface area contributed by atoms with Crippen LogP contribution in [0.5, 0.6) is 0 Å². The van der Waals surface area contributed by atoms with E-state index in [0.29, 0.717) is 18.0 Å². The number of hydrogen-bond acceptors (Lipinski definition) is 3. The monoisotopic (exact) mass is 285 g/mol. The highest BCUT2D eigenvalue weighted by atomic mass is 16.1. The summed E-state index contributed by atoms with van der Waals surface area (Å²) in [6.07, 6.45) is 8.18. The van der Waals surface area contributed by atoms with Gasteiger partial charge in [0.2, 0.25) is 0 Å². The van der Waals surface area contributed by atoms with Crippen molar-refractivity contribution in [1.29, 1.82) is 0 Å². The molecule has 1 aliphatic rings. The minimum absolute atomic E-state index is 0.0717. The molecule has 1 aromatic heterocycles. The van der Waals surface area contributed by atoms with Gasteiger partial charge >= 0.3 is 0 Å². The van der Waals surface area contributed by atoms with E-state index >= 15 is 0 Å². The van der Waals surface area contributed by atoms with Crippen LogP contribution in [0, 0.1) is 23.7 Å². The van der Waals surface area contributed by atoms with E-state index in [2.05, 4.69) is 29.1 Å². The lowest BCUT2D eigenvalue weighted by Gasteiger charge is -2.26. The number of nitrogens with zero attached hydrogens (tertiary/aromatic N) is 1. The maximum Gasteiger partial charge on any atom is 0.252 e. The van der Waals surface area contributed by atoms with Gasteiger partial charge in [-0.3, -0.25) is 9.78 Å². The Hall–Kier alpha value is -1.86. The first-order valence-electron chi connectivity index (χ1n) is 7.61. The van der Waals surface area contributed by atoms with Gasteiger partial charge in [-0.15, -0.1) is 0 Å². The summed E-state index contributed by atoms with van der Waals surface area (Å²) in [7, 11) is 0. The predicted molar refractivity (Wildman–Crippen MR) is 83.6 cm³/mol. The molecule has 3 N–H and O–H groups in total. The zero-order valence-corrected chi connectivity index (χ0v) is 12.6. The van der Waals surface area contributed by atoms with E-state index in [-0.39, 0.29) is 5.91 Å². The van der Waals surface area contributed by atoms with Gasteiger partial charge in [0.1, 0.15) is 0 Å². The Bertz CT molecular complexity index is 536. The van der Waals surface area contributed by atoms with E-state index in [1.54, 1.807) is 18.5 Å². The number of nitrogens with one attached hydrogen (secondary N) is 1. The second-order valence-corrected chi connectivity index (χ2v) is 5.80. The third-order valence-electron chi connectivity index (χ3n) is 4.02. The minimum Gasteiger partial charge on any atom is -0.352 e. The molecule has 0 spiro atoms. The number of hydrogen-bond donors (Lipinski definition) is 2. The quantitative estimate of drug-likeness (QED) is 0.834. The van der Waals surface area contributed by atoms with Crippen molar-refractivity contribution in [1.82, 2.24) is 10.3 Å². The molecule has 21 heavy (non-hydrogen) atoms. The van der Waals surface area contributed by atoms with Crippen molar-refractivity contribution in [2.75, 3.05) is 13.1 Å². The van der Waals surface area contributed by atoms with Crippen LogP contribution in [0.4, 0.5) is 0 Å². The van der Waals surface area contributed by atoms with Crippen molar-refractivity contribution in [3.05, 3.63) is 29.6 Å². The molecule has 1 aromatic rings. The number of carbonyl (C=O) groups excluding carboxylic acids is 1. The molecule has 0 saturated heterocycles. The zero-order chi connectivity index (χ0) is 15.1. The fourth-order valence-electron chi connectivity index (χ4n) is 2.66. The van der Waals surface area contributed by atoms with Gasteiger partial charge in [0.15, 0.2) is 0 Å². The molecule has 4 heteroatoms. The van der Waals surface area contributed by atoms with E-state index < -0.39 is 0 Å². The lowest BCUT2D eigenvalue weighted by molar-refractivity contribution is 0.0941. The highest BCUT2D eigenvalue weighted by Gasteiger charge is 2.18. The Morgan fingerprint density at radius 1 is 1.38 bits per heavy atom. The first-order valence-corrected chi connectivity index (χ1v) is 7.61. The molecule has 0 aromatic carbocycles. The maximum atomic E-state index is 12.2. The van der Waals surface area contributed by atoms with Crippen molar-refractivity contribution in [3.8, 4) is 11.8 Å². The predicted octanol–water partition coefficient (Wildman–Crippen LogP) is 1.95. The van der Waals surface area contributed by atoms with E-state index in [0.717, 1.165) is 18.0 Å². The molecule has 1 saturated carbocycles. The molecule has 2 rings (SSSR count). The van der Waals surface area contributed by atoms with Gasteiger partial charge in [0, 0.05) is 24.5 Å². The Morgan fingerprint density at radius 2 is 2.14 bits per heavy atom. The second-order valence-electron chi connectivity index (χ2n) is 5.80. The van der Waals surface area contributed by atoms with Gasteiger partial charge in [0.05, 0.1) is 12.1 Å². The summed E-state index contributed by atoms with van der Waals surface area (Å²) in [6.45, 7) is 3.36. The Labute approximate surface area is 126 Å². The van der Waals surface area contributed by atoms with Crippen LogP contribution in [-0.2, 0) is 0 Å². The highest BCUT2D eigenvalue weighted by molar-refractivity contribution is 5.94. The molecular weight excluding hydrogens is 262 g/mol. The second kappa shape index (κ2) is 7.80. The molecule has 0 bridgehead atoms. The van der Waals surface area contributed by atoms with Crippen LogP contribution in [0.1, 0.15) is 48.5 Å². The molecule has 0 aliphatic heterocycles. The lowest BCUT2D eigenvalue weighted by atomic mass is 9.83. The summed E-state index contributed by atoms with van der Waals surface area (Å²) in [6, 6.07) is 1.76. The summed E-state index contributed by atoms with van der Waals surface area (Å²) in [5.74, 6) is 7.03. The van der Waals surface area contributed by atoms with Crippen LogP contribution in [0.3, 0.4) is 0 Å². The summed E-state index contributed by atoms with van der Waals surface area (Å²) in [5.41, 5.74) is 6.62. The fraction of sp³-hybridized carbons (Fsp3) is 0.529. The molecule has 0 unspecified atom stereocenters. The number of amides is 1. The van der Waals surface area contributed by atoms with Gasteiger partial charge in [-0.05, 0) is 30.7 Å². The lowest BCUT2D eigenvalue weighted by Crippen LogP contribution is -2.31. The fourth-order valence-corrected chi connectivity index (χ4v) is 2.66. The summed E-state index contributed by atoms with van der Waals surface area (Å²) < 4.78 is 0. The maximum absolute atomic E-state index is 12.2. The first-order chi connectivity index (χ1) is 10.2. The third-order valence-corrected chi connectivity index (χ3v) is 4.02. The number of pyridine rings is 1. The van der Waals surface area contributed by atoms with Crippen molar-refractivity contribution in [3.63, 3.8) is 0 Å². The number of carbonyl (C=O) groups is 1. The van der Waals surface area contributed by atoms with Gasteiger partial charge in [-0.2, -0.15) is 0 Å². The normalized spacial score (nSPS) is 21.2. The SMILES string of the molecule is CC1CCC(CNC(=O)c2cncc(C#CCN)c2)CC1. The van der Waals surface area contributed by atoms with Crippen molar-refractivity contribution in [2.45, 2.75) is 32.6 Å². The smallest absolute Gasteiger partial charge is 0.252 e.